The summed E-state index contributed by atoms with van der Waals surface area (Å²) in [6, 6.07) is 5.02. The van der Waals surface area contributed by atoms with Crippen LogP contribution in [0, 0.1) is 0 Å². The Morgan fingerprint density at radius 3 is 2.59 bits per heavy atom. The van der Waals surface area contributed by atoms with E-state index >= 15 is 0 Å². The molecular formula is C21H18Cl2F3N5O3. The summed E-state index contributed by atoms with van der Waals surface area (Å²) in [5.41, 5.74) is 0.301. The second-order valence-electron chi connectivity index (χ2n) is 7.36. The Labute approximate surface area is 202 Å². The number of anilines is 2. The van der Waals surface area contributed by atoms with E-state index in [4.69, 9.17) is 32.7 Å². The molecule has 3 heterocycles. The second-order valence-corrected chi connectivity index (χ2v) is 8.09. The van der Waals surface area contributed by atoms with Gasteiger partial charge in [0.15, 0.2) is 28.4 Å². The Balaban J connectivity index is 1.72. The van der Waals surface area contributed by atoms with Crippen molar-refractivity contribution < 1.29 is 27.4 Å². The van der Waals surface area contributed by atoms with Gasteiger partial charge >= 0.3 is 6.18 Å². The summed E-state index contributed by atoms with van der Waals surface area (Å²) >= 11 is 12.3. The average Bonchev–Trinajstić information content (AvgIpc) is 3.15. The highest BCUT2D eigenvalue weighted by Crippen LogP contribution is 2.47. The molecule has 13 heteroatoms. The van der Waals surface area contributed by atoms with E-state index in [1.165, 1.54) is 32.5 Å². The van der Waals surface area contributed by atoms with E-state index in [2.05, 4.69) is 20.7 Å². The van der Waals surface area contributed by atoms with Gasteiger partial charge in [0.2, 0.25) is 0 Å². The van der Waals surface area contributed by atoms with Crippen molar-refractivity contribution in [1.29, 1.82) is 0 Å². The van der Waals surface area contributed by atoms with Crippen LogP contribution in [-0.4, -0.2) is 41.1 Å². The average molecular weight is 516 g/mol. The van der Waals surface area contributed by atoms with Gasteiger partial charge in [0.05, 0.1) is 25.9 Å². The Morgan fingerprint density at radius 2 is 1.94 bits per heavy atom. The van der Waals surface area contributed by atoms with Crippen molar-refractivity contribution in [1.82, 2.24) is 14.8 Å². The van der Waals surface area contributed by atoms with Crippen LogP contribution in [0.5, 0.6) is 11.5 Å². The van der Waals surface area contributed by atoms with Crippen molar-refractivity contribution in [3.8, 4) is 11.5 Å². The van der Waals surface area contributed by atoms with Gasteiger partial charge in [-0.05, 0) is 29.8 Å². The number of carbonyl (C=O) groups is 1. The van der Waals surface area contributed by atoms with Gasteiger partial charge in [-0.25, -0.2) is 9.67 Å². The predicted molar refractivity (Wildman–Crippen MR) is 120 cm³/mol. The third-order valence-electron chi connectivity index (χ3n) is 5.33. The first kappa shape index (κ1) is 24.0. The molecule has 3 aromatic rings. The molecule has 180 valence electrons. The fraction of sp³-hybridized carbons (Fsp3) is 0.286. The maximum atomic E-state index is 14.0. The quantitative estimate of drug-likeness (QED) is 0.435. The summed E-state index contributed by atoms with van der Waals surface area (Å²) in [6.07, 6.45) is -3.62. The summed E-state index contributed by atoms with van der Waals surface area (Å²) in [4.78, 5) is 16.6. The molecular weight excluding hydrogens is 498 g/mol. The number of rotatable bonds is 5. The minimum absolute atomic E-state index is 0.00996. The largest absolute Gasteiger partial charge is 0.493 e. The fourth-order valence-electron chi connectivity index (χ4n) is 3.68. The number of alkyl halides is 3. The number of hydrogen-bond donors (Lipinski definition) is 2. The Kier molecular flexibility index (Phi) is 6.50. The van der Waals surface area contributed by atoms with Crippen molar-refractivity contribution in [3.05, 3.63) is 58.0 Å². The van der Waals surface area contributed by atoms with Crippen molar-refractivity contribution in [2.75, 3.05) is 24.9 Å². The number of ether oxygens (including phenoxy) is 2. The molecule has 1 aromatic carbocycles. The molecule has 0 bridgehead atoms. The van der Waals surface area contributed by atoms with E-state index < -0.39 is 24.2 Å². The lowest BCUT2D eigenvalue weighted by Gasteiger charge is -2.33. The molecule has 8 nitrogen and oxygen atoms in total. The van der Waals surface area contributed by atoms with Gasteiger partial charge in [-0.1, -0.05) is 29.3 Å². The number of benzene rings is 1. The topological polar surface area (TPSA) is 90.3 Å². The fourth-order valence-corrected chi connectivity index (χ4v) is 4.11. The van der Waals surface area contributed by atoms with Crippen molar-refractivity contribution in [3.63, 3.8) is 0 Å². The molecule has 2 N–H and O–H groups in total. The molecule has 2 atom stereocenters. The number of methoxy groups -OCH3 is 2. The van der Waals surface area contributed by atoms with Crippen molar-refractivity contribution >= 4 is 40.6 Å². The van der Waals surface area contributed by atoms with E-state index in [0.29, 0.717) is 21.7 Å². The highest BCUT2D eigenvalue weighted by atomic mass is 35.5. The molecule has 0 saturated carbocycles. The minimum Gasteiger partial charge on any atom is -0.493 e. The maximum absolute atomic E-state index is 14.0. The zero-order valence-electron chi connectivity index (χ0n) is 17.8. The molecule has 1 aliphatic rings. The molecule has 0 aliphatic carbocycles. The van der Waals surface area contributed by atoms with Gasteiger partial charge in [0.1, 0.15) is 10.8 Å². The summed E-state index contributed by atoms with van der Waals surface area (Å²) < 4.78 is 53.2. The van der Waals surface area contributed by atoms with Crippen LogP contribution in [0.3, 0.4) is 0 Å². The van der Waals surface area contributed by atoms with Crippen LogP contribution in [0.25, 0.3) is 0 Å². The minimum atomic E-state index is -4.65. The molecule has 0 saturated heterocycles. The van der Waals surface area contributed by atoms with Gasteiger partial charge in [0.25, 0.3) is 5.91 Å². The number of nitrogens with zero attached hydrogens (tertiary/aromatic N) is 3. The van der Waals surface area contributed by atoms with E-state index in [1.54, 1.807) is 18.2 Å². The molecule has 0 unspecified atom stereocenters. The number of fused-ring (bicyclic) bond motifs is 1. The van der Waals surface area contributed by atoms with E-state index in [1.807, 2.05) is 0 Å². The molecule has 4 rings (SSSR count). The molecule has 2 aromatic heterocycles. The van der Waals surface area contributed by atoms with E-state index in [9.17, 15) is 18.0 Å². The Bertz CT molecular complexity index is 1230. The standard InChI is InChI=1S/C21H18Cl2F3N5O3/c1-33-13-6-5-10(8-14(13)34-2)12-9-15(21(24,25)26)31-19(28-12)16(22)17(30-31)20(32)29-11-4-3-7-27-18(11)23/h3-8,12,15,28H,9H2,1-2H3,(H,29,32)/t12-,15+/m0/s1. The van der Waals surface area contributed by atoms with Crippen LogP contribution in [0.2, 0.25) is 10.2 Å². The zero-order valence-corrected chi connectivity index (χ0v) is 19.3. The summed E-state index contributed by atoms with van der Waals surface area (Å²) in [5, 5.41) is 9.10. The van der Waals surface area contributed by atoms with Gasteiger partial charge < -0.3 is 20.1 Å². The first-order chi connectivity index (χ1) is 16.1. The number of nitrogens with one attached hydrogen (secondary N) is 2. The third kappa shape index (κ3) is 4.45. The van der Waals surface area contributed by atoms with E-state index in [0.717, 1.165) is 0 Å². The van der Waals surface area contributed by atoms with Gasteiger partial charge in [0, 0.05) is 12.6 Å². The lowest BCUT2D eigenvalue weighted by molar-refractivity contribution is -0.173. The second kappa shape index (κ2) is 9.22. The highest BCUT2D eigenvalue weighted by molar-refractivity contribution is 6.37. The molecule has 34 heavy (non-hydrogen) atoms. The normalized spacial score (nSPS) is 17.5. The molecule has 1 aliphatic heterocycles. The first-order valence-corrected chi connectivity index (χ1v) is 10.6. The number of halogens is 5. The monoisotopic (exact) mass is 515 g/mol. The van der Waals surface area contributed by atoms with Crippen molar-refractivity contribution in [2.24, 2.45) is 0 Å². The number of amides is 1. The van der Waals surface area contributed by atoms with Crippen LogP contribution >= 0.6 is 23.2 Å². The van der Waals surface area contributed by atoms with Crippen LogP contribution < -0.4 is 20.1 Å². The SMILES string of the molecule is COc1ccc([C@@H]2C[C@H](C(F)(F)F)n3nc(C(=O)Nc4cccnc4Cl)c(Cl)c3N2)cc1OC. The molecule has 0 spiro atoms. The maximum Gasteiger partial charge on any atom is 0.410 e. The van der Waals surface area contributed by atoms with Crippen LogP contribution in [0.4, 0.5) is 24.7 Å². The van der Waals surface area contributed by atoms with Gasteiger partial charge in [-0.15, -0.1) is 0 Å². The van der Waals surface area contributed by atoms with Crippen LogP contribution in [-0.2, 0) is 0 Å². The molecule has 0 radical (unpaired) electrons. The van der Waals surface area contributed by atoms with Crippen LogP contribution in [0.15, 0.2) is 36.5 Å². The lowest BCUT2D eigenvalue weighted by atomic mass is 9.96. The molecule has 0 fully saturated rings. The molecule has 1 amide bonds. The number of hydrogen-bond acceptors (Lipinski definition) is 6. The Morgan fingerprint density at radius 1 is 1.21 bits per heavy atom. The zero-order chi connectivity index (χ0) is 24.6. The van der Waals surface area contributed by atoms with Gasteiger partial charge in [-0.3, -0.25) is 4.79 Å². The number of pyridine rings is 1. The highest BCUT2D eigenvalue weighted by Gasteiger charge is 2.48. The van der Waals surface area contributed by atoms with Crippen molar-refractivity contribution in [2.45, 2.75) is 24.7 Å². The van der Waals surface area contributed by atoms with Crippen LogP contribution in [0.1, 0.15) is 34.6 Å². The van der Waals surface area contributed by atoms with Gasteiger partial charge in [-0.2, -0.15) is 18.3 Å². The Hall–Kier alpha value is -3.18. The first-order valence-electron chi connectivity index (χ1n) is 9.89. The van der Waals surface area contributed by atoms with E-state index in [-0.39, 0.29) is 33.8 Å². The summed E-state index contributed by atoms with van der Waals surface area (Å²) in [7, 11) is 2.89. The summed E-state index contributed by atoms with van der Waals surface area (Å²) in [5.74, 6) is -0.154. The third-order valence-corrected chi connectivity index (χ3v) is 5.99. The number of aromatic nitrogens is 3. The lowest BCUT2D eigenvalue weighted by Crippen LogP contribution is -2.35. The smallest absolute Gasteiger partial charge is 0.410 e. The predicted octanol–water partition coefficient (Wildman–Crippen LogP) is 5.51. The summed E-state index contributed by atoms with van der Waals surface area (Å²) in [6.45, 7) is 0. The number of carbonyl (C=O) groups excluding carboxylic acids is 1.